The predicted octanol–water partition coefficient (Wildman–Crippen LogP) is 3.79. The number of nitrogens with one attached hydrogen (secondary N) is 1. The number of halogens is 1. The van der Waals surface area contributed by atoms with Gasteiger partial charge in [-0.25, -0.2) is 0 Å². The van der Waals surface area contributed by atoms with Gasteiger partial charge in [0.05, 0.1) is 12.6 Å². The standard InChI is InChI=1S/C15H16ClNO/c1-11-4-2-3-5-14(11)15(10-18)17-13-8-6-12(16)7-9-13/h2-9,15,17-18H,10H2,1H3. The van der Waals surface area contributed by atoms with Crippen LogP contribution in [0.2, 0.25) is 5.02 Å². The summed E-state index contributed by atoms with van der Waals surface area (Å²) in [6.07, 6.45) is 0. The third-order valence-electron chi connectivity index (χ3n) is 2.93. The normalized spacial score (nSPS) is 12.2. The molecule has 0 heterocycles. The van der Waals surface area contributed by atoms with E-state index in [2.05, 4.69) is 5.32 Å². The molecule has 0 aromatic heterocycles. The molecule has 1 atom stereocenters. The van der Waals surface area contributed by atoms with E-state index in [0.717, 1.165) is 16.8 Å². The molecule has 0 fully saturated rings. The first kappa shape index (κ1) is 12.9. The zero-order chi connectivity index (χ0) is 13.0. The third kappa shape index (κ3) is 3.03. The fourth-order valence-corrected chi connectivity index (χ4v) is 2.07. The number of hydrogen-bond acceptors (Lipinski definition) is 2. The van der Waals surface area contributed by atoms with Crippen LogP contribution in [0.1, 0.15) is 17.2 Å². The van der Waals surface area contributed by atoms with Crippen molar-refractivity contribution in [3.8, 4) is 0 Å². The third-order valence-corrected chi connectivity index (χ3v) is 3.18. The molecule has 0 saturated carbocycles. The summed E-state index contributed by atoms with van der Waals surface area (Å²) in [5.74, 6) is 0. The molecule has 2 N–H and O–H groups in total. The van der Waals surface area contributed by atoms with Crippen LogP contribution >= 0.6 is 11.6 Å². The van der Waals surface area contributed by atoms with Crippen LogP contribution < -0.4 is 5.32 Å². The van der Waals surface area contributed by atoms with Gasteiger partial charge in [0.2, 0.25) is 0 Å². The van der Waals surface area contributed by atoms with Crippen molar-refractivity contribution in [2.24, 2.45) is 0 Å². The van der Waals surface area contributed by atoms with Gasteiger partial charge in [-0.15, -0.1) is 0 Å². The Bertz CT molecular complexity index is 510. The van der Waals surface area contributed by atoms with Crippen LogP contribution in [0.25, 0.3) is 0 Å². The number of benzene rings is 2. The summed E-state index contributed by atoms with van der Waals surface area (Å²) in [6.45, 7) is 2.09. The summed E-state index contributed by atoms with van der Waals surface area (Å²) in [6, 6.07) is 15.4. The molecule has 0 aliphatic rings. The highest BCUT2D eigenvalue weighted by Crippen LogP contribution is 2.23. The summed E-state index contributed by atoms with van der Waals surface area (Å²) in [5.41, 5.74) is 3.22. The first-order valence-electron chi connectivity index (χ1n) is 5.89. The Morgan fingerprint density at radius 3 is 2.39 bits per heavy atom. The molecule has 18 heavy (non-hydrogen) atoms. The zero-order valence-corrected chi connectivity index (χ0v) is 11.0. The second-order valence-electron chi connectivity index (χ2n) is 4.24. The lowest BCUT2D eigenvalue weighted by Crippen LogP contribution is -2.15. The van der Waals surface area contributed by atoms with Gasteiger partial charge in [-0.05, 0) is 42.3 Å². The molecule has 0 saturated heterocycles. The zero-order valence-electron chi connectivity index (χ0n) is 10.2. The monoisotopic (exact) mass is 261 g/mol. The van der Waals surface area contributed by atoms with Gasteiger partial charge in [-0.1, -0.05) is 35.9 Å². The molecule has 0 bridgehead atoms. The van der Waals surface area contributed by atoms with Crippen molar-refractivity contribution in [1.29, 1.82) is 0 Å². The number of aliphatic hydroxyl groups is 1. The van der Waals surface area contributed by atoms with Crippen LogP contribution in [-0.4, -0.2) is 11.7 Å². The molecule has 0 aliphatic carbocycles. The van der Waals surface area contributed by atoms with Crippen LogP contribution in [0.3, 0.4) is 0 Å². The molecule has 2 aromatic carbocycles. The molecule has 2 nitrogen and oxygen atoms in total. The molecule has 0 aliphatic heterocycles. The minimum atomic E-state index is -0.104. The minimum absolute atomic E-state index is 0.0491. The number of rotatable bonds is 4. The highest BCUT2D eigenvalue weighted by Gasteiger charge is 2.11. The van der Waals surface area contributed by atoms with Crippen molar-refractivity contribution < 1.29 is 5.11 Å². The summed E-state index contributed by atoms with van der Waals surface area (Å²) >= 11 is 5.85. The lowest BCUT2D eigenvalue weighted by atomic mass is 10.0. The maximum absolute atomic E-state index is 9.53. The van der Waals surface area contributed by atoms with Gasteiger partial charge in [0.15, 0.2) is 0 Å². The number of hydrogen-bond donors (Lipinski definition) is 2. The van der Waals surface area contributed by atoms with Crippen LogP contribution in [-0.2, 0) is 0 Å². The Morgan fingerprint density at radius 1 is 1.11 bits per heavy atom. The largest absolute Gasteiger partial charge is 0.394 e. The highest BCUT2D eigenvalue weighted by molar-refractivity contribution is 6.30. The molecule has 2 rings (SSSR count). The molecule has 0 spiro atoms. The summed E-state index contributed by atoms with van der Waals surface area (Å²) in [4.78, 5) is 0. The van der Waals surface area contributed by atoms with Crippen molar-refractivity contribution >= 4 is 17.3 Å². The topological polar surface area (TPSA) is 32.3 Å². The maximum atomic E-state index is 9.53. The number of aryl methyl sites for hydroxylation is 1. The smallest absolute Gasteiger partial charge is 0.0747 e. The van der Waals surface area contributed by atoms with Gasteiger partial charge >= 0.3 is 0 Å². The first-order valence-corrected chi connectivity index (χ1v) is 6.27. The summed E-state index contributed by atoms with van der Waals surface area (Å²) < 4.78 is 0. The molecular weight excluding hydrogens is 246 g/mol. The molecule has 1 unspecified atom stereocenters. The summed E-state index contributed by atoms with van der Waals surface area (Å²) in [7, 11) is 0. The van der Waals surface area contributed by atoms with Crippen molar-refractivity contribution in [3.05, 3.63) is 64.7 Å². The molecule has 2 aromatic rings. The molecule has 94 valence electrons. The van der Waals surface area contributed by atoms with Gasteiger partial charge in [-0.3, -0.25) is 0 Å². The van der Waals surface area contributed by atoms with E-state index in [1.54, 1.807) is 0 Å². The lowest BCUT2D eigenvalue weighted by molar-refractivity contribution is 0.276. The van der Waals surface area contributed by atoms with E-state index in [0.29, 0.717) is 5.02 Å². The van der Waals surface area contributed by atoms with E-state index in [1.807, 2.05) is 55.5 Å². The van der Waals surface area contributed by atoms with Crippen LogP contribution in [0.4, 0.5) is 5.69 Å². The molecule has 3 heteroatoms. The van der Waals surface area contributed by atoms with Gasteiger partial charge in [-0.2, -0.15) is 0 Å². The van der Waals surface area contributed by atoms with Gasteiger partial charge in [0, 0.05) is 10.7 Å². The fourth-order valence-electron chi connectivity index (χ4n) is 1.95. The SMILES string of the molecule is Cc1ccccc1C(CO)Nc1ccc(Cl)cc1. The molecular formula is C15H16ClNO. The quantitative estimate of drug-likeness (QED) is 0.878. The van der Waals surface area contributed by atoms with Gasteiger partial charge < -0.3 is 10.4 Å². The Labute approximate surface area is 112 Å². The maximum Gasteiger partial charge on any atom is 0.0747 e. The van der Waals surface area contributed by atoms with Crippen LogP contribution in [0.15, 0.2) is 48.5 Å². The highest BCUT2D eigenvalue weighted by atomic mass is 35.5. The van der Waals surface area contributed by atoms with Crippen molar-refractivity contribution in [1.82, 2.24) is 0 Å². The molecule has 0 radical (unpaired) electrons. The predicted molar refractivity (Wildman–Crippen MR) is 76.1 cm³/mol. The van der Waals surface area contributed by atoms with Crippen molar-refractivity contribution in [2.75, 3.05) is 11.9 Å². The van der Waals surface area contributed by atoms with Gasteiger partial charge in [0.1, 0.15) is 0 Å². The Hall–Kier alpha value is -1.51. The Morgan fingerprint density at radius 2 is 1.78 bits per heavy atom. The first-order chi connectivity index (χ1) is 8.70. The van der Waals surface area contributed by atoms with E-state index >= 15 is 0 Å². The van der Waals surface area contributed by atoms with Crippen LogP contribution in [0, 0.1) is 6.92 Å². The van der Waals surface area contributed by atoms with Gasteiger partial charge in [0.25, 0.3) is 0 Å². The number of anilines is 1. The van der Waals surface area contributed by atoms with E-state index in [-0.39, 0.29) is 12.6 Å². The second kappa shape index (κ2) is 5.89. The summed E-state index contributed by atoms with van der Waals surface area (Å²) in [5, 5.41) is 13.5. The minimum Gasteiger partial charge on any atom is -0.394 e. The number of aliphatic hydroxyl groups excluding tert-OH is 1. The van der Waals surface area contributed by atoms with E-state index in [9.17, 15) is 5.11 Å². The van der Waals surface area contributed by atoms with Crippen molar-refractivity contribution in [2.45, 2.75) is 13.0 Å². The van der Waals surface area contributed by atoms with E-state index < -0.39 is 0 Å². The Kier molecular flexibility index (Phi) is 4.24. The fraction of sp³-hybridized carbons (Fsp3) is 0.200. The lowest BCUT2D eigenvalue weighted by Gasteiger charge is -2.20. The van der Waals surface area contributed by atoms with Crippen LogP contribution in [0.5, 0.6) is 0 Å². The van der Waals surface area contributed by atoms with E-state index in [1.165, 1.54) is 0 Å². The van der Waals surface area contributed by atoms with E-state index in [4.69, 9.17) is 11.6 Å². The Balaban J connectivity index is 2.20. The average Bonchev–Trinajstić information content (AvgIpc) is 2.39. The second-order valence-corrected chi connectivity index (χ2v) is 4.68. The van der Waals surface area contributed by atoms with Crippen molar-refractivity contribution in [3.63, 3.8) is 0 Å². The molecule has 0 amide bonds. The average molecular weight is 262 g/mol.